The van der Waals surface area contributed by atoms with Crippen LogP contribution in [0.1, 0.15) is 6.92 Å². The van der Waals surface area contributed by atoms with Gasteiger partial charge in [-0.2, -0.15) is 0 Å². The van der Waals surface area contributed by atoms with Crippen molar-refractivity contribution < 1.29 is 20.1 Å². The molecule has 1 rings (SSSR count). The molecule has 62 valence electrons. The van der Waals surface area contributed by atoms with Crippen molar-refractivity contribution in [3.63, 3.8) is 0 Å². The Morgan fingerprint density at radius 1 is 1.36 bits per heavy atom. The molecule has 4 nitrogen and oxygen atoms in total. The number of rotatable bonds is 0. The van der Waals surface area contributed by atoms with Crippen molar-refractivity contribution in [2.24, 2.45) is 0 Å². The van der Waals surface area contributed by atoms with Crippen LogP contribution in [0, 0.1) is 0 Å². The normalized spacial score (nSPS) is 38.7. The quantitative estimate of drug-likeness (QED) is 0.405. The van der Waals surface area contributed by atoms with Crippen LogP contribution in [-0.2, 0) is 4.79 Å². The van der Waals surface area contributed by atoms with Gasteiger partial charge in [-0.15, -0.1) is 0 Å². The molecule has 0 bridgehead atoms. The third-order valence-electron chi connectivity index (χ3n) is 1.75. The number of aliphatic hydroxyl groups excluding tert-OH is 3. The summed E-state index contributed by atoms with van der Waals surface area (Å²) in [6.45, 7) is 1.49. The minimum Gasteiger partial charge on any atom is -0.387 e. The standard InChI is InChI=1S/C7H10O4/c1-3-2-4(8)6(10)7(11)5(3)9/h2,4,6-8,10-11H,1H3. The summed E-state index contributed by atoms with van der Waals surface area (Å²) in [6.07, 6.45) is -2.76. The van der Waals surface area contributed by atoms with Gasteiger partial charge in [0.25, 0.3) is 0 Å². The lowest BCUT2D eigenvalue weighted by Gasteiger charge is -2.24. The molecule has 3 unspecified atom stereocenters. The van der Waals surface area contributed by atoms with Gasteiger partial charge in [-0.3, -0.25) is 4.79 Å². The van der Waals surface area contributed by atoms with E-state index in [1.165, 1.54) is 13.0 Å². The average Bonchev–Trinajstić information content (AvgIpc) is 1.97. The molecule has 0 aromatic carbocycles. The van der Waals surface area contributed by atoms with E-state index < -0.39 is 24.1 Å². The topological polar surface area (TPSA) is 77.8 Å². The maximum atomic E-state index is 10.9. The molecule has 3 atom stereocenters. The molecule has 0 aliphatic heterocycles. The van der Waals surface area contributed by atoms with Gasteiger partial charge in [-0.25, -0.2) is 0 Å². The van der Waals surface area contributed by atoms with Crippen molar-refractivity contribution in [3.8, 4) is 0 Å². The van der Waals surface area contributed by atoms with Crippen LogP contribution in [-0.4, -0.2) is 39.4 Å². The summed E-state index contributed by atoms with van der Waals surface area (Å²) in [5.74, 6) is -0.525. The molecule has 0 fully saturated rings. The van der Waals surface area contributed by atoms with E-state index in [1.54, 1.807) is 0 Å². The highest BCUT2D eigenvalue weighted by Gasteiger charge is 2.34. The zero-order valence-electron chi connectivity index (χ0n) is 6.06. The van der Waals surface area contributed by atoms with Crippen molar-refractivity contribution in [2.75, 3.05) is 0 Å². The third kappa shape index (κ3) is 1.33. The predicted octanol–water partition coefficient (Wildman–Crippen LogP) is -1.40. The van der Waals surface area contributed by atoms with Crippen LogP contribution in [0.4, 0.5) is 0 Å². The van der Waals surface area contributed by atoms with E-state index in [1.807, 2.05) is 0 Å². The summed E-state index contributed by atoms with van der Waals surface area (Å²) in [4.78, 5) is 10.9. The Morgan fingerprint density at radius 2 is 1.91 bits per heavy atom. The molecule has 0 aromatic heterocycles. The monoisotopic (exact) mass is 158 g/mol. The molecule has 0 amide bonds. The SMILES string of the molecule is CC1=CC(O)C(O)C(O)C1=O. The summed E-state index contributed by atoms with van der Waals surface area (Å²) in [6, 6.07) is 0. The molecule has 1 aliphatic carbocycles. The van der Waals surface area contributed by atoms with Crippen LogP contribution in [0.15, 0.2) is 11.6 Å². The Hall–Kier alpha value is -0.710. The summed E-state index contributed by atoms with van der Waals surface area (Å²) >= 11 is 0. The molecular weight excluding hydrogens is 148 g/mol. The second-order valence-electron chi connectivity index (χ2n) is 2.64. The smallest absolute Gasteiger partial charge is 0.189 e. The number of Topliss-reactive ketones (excluding diaryl/α,β-unsaturated/α-hetero) is 1. The maximum Gasteiger partial charge on any atom is 0.189 e. The lowest BCUT2D eigenvalue weighted by Crippen LogP contribution is -2.45. The number of carbonyl (C=O) groups excluding carboxylic acids is 1. The van der Waals surface area contributed by atoms with E-state index in [4.69, 9.17) is 15.3 Å². The molecule has 1 aliphatic rings. The summed E-state index contributed by atoms with van der Waals surface area (Å²) in [5, 5.41) is 27.0. The lowest BCUT2D eigenvalue weighted by molar-refractivity contribution is -0.134. The predicted molar refractivity (Wildman–Crippen MR) is 36.8 cm³/mol. The molecule has 4 heteroatoms. The Bertz CT molecular complexity index is 208. The first-order valence-electron chi connectivity index (χ1n) is 3.31. The van der Waals surface area contributed by atoms with Gasteiger partial charge in [0, 0.05) is 0 Å². The largest absolute Gasteiger partial charge is 0.387 e. The molecule has 0 spiro atoms. The second kappa shape index (κ2) is 2.73. The first-order chi connectivity index (χ1) is 5.04. The summed E-state index contributed by atoms with van der Waals surface area (Å²) < 4.78 is 0. The highest BCUT2D eigenvalue weighted by Crippen LogP contribution is 2.15. The Morgan fingerprint density at radius 3 is 2.45 bits per heavy atom. The molecule has 0 radical (unpaired) electrons. The van der Waals surface area contributed by atoms with Gasteiger partial charge in [0.2, 0.25) is 0 Å². The molecule has 0 saturated carbocycles. The van der Waals surface area contributed by atoms with Crippen LogP contribution in [0.5, 0.6) is 0 Å². The van der Waals surface area contributed by atoms with Crippen molar-refractivity contribution >= 4 is 5.78 Å². The maximum absolute atomic E-state index is 10.9. The average molecular weight is 158 g/mol. The molecule has 0 heterocycles. The molecule has 3 N–H and O–H groups in total. The highest BCUT2D eigenvalue weighted by molar-refractivity contribution is 5.99. The van der Waals surface area contributed by atoms with E-state index in [0.29, 0.717) is 0 Å². The Balaban J connectivity index is 2.92. The molecule has 0 saturated heterocycles. The van der Waals surface area contributed by atoms with Gasteiger partial charge in [0.05, 0.1) is 0 Å². The highest BCUT2D eigenvalue weighted by atomic mass is 16.4. The lowest BCUT2D eigenvalue weighted by atomic mass is 9.92. The fourth-order valence-electron chi connectivity index (χ4n) is 1.01. The van der Waals surface area contributed by atoms with E-state index in [0.717, 1.165) is 0 Å². The van der Waals surface area contributed by atoms with Gasteiger partial charge in [-0.05, 0) is 18.6 Å². The molecule has 11 heavy (non-hydrogen) atoms. The summed E-state index contributed by atoms with van der Waals surface area (Å²) in [5.41, 5.74) is 0.287. The zero-order chi connectivity index (χ0) is 8.59. The minimum atomic E-state index is -1.48. The van der Waals surface area contributed by atoms with Gasteiger partial charge < -0.3 is 15.3 Å². The Kier molecular flexibility index (Phi) is 2.08. The number of ketones is 1. The van der Waals surface area contributed by atoms with E-state index in [9.17, 15) is 4.79 Å². The van der Waals surface area contributed by atoms with Crippen molar-refractivity contribution in [3.05, 3.63) is 11.6 Å². The van der Waals surface area contributed by atoms with Crippen LogP contribution >= 0.6 is 0 Å². The fraction of sp³-hybridized carbons (Fsp3) is 0.571. The van der Waals surface area contributed by atoms with Crippen LogP contribution in [0.25, 0.3) is 0 Å². The first kappa shape index (κ1) is 8.39. The minimum absolute atomic E-state index is 0.287. The van der Waals surface area contributed by atoms with Crippen molar-refractivity contribution in [1.29, 1.82) is 0 Å². The van der Waals surface area contributed by atoms with E-state index in [-0.39, 0.29) is 5.57 Å². The molecular formula is C7H10O4. The van der Waals surface area contributed by atoms with Gasteiger partial charge in [0.15, 0.2) is 5.78 Å². The van der Waals surface area contributed by atoms with E-state index >= 15 is 0 Å². The second-order valence-corrected chi connectivity index (χ2v) is 2.64. The number of aliphatic hydroxyl groups is 3. The zero-order valence-corrected chi connectivity index (χ0v) is 6.06. The first-order valence-corrected chi connectivity index (χ1v) is 3.31. The van der Waals surface area contributed by atoms with Gasteiger partial charge in [-0.1, -0.05) is 0 Å². The van der Waals surface area contributed by atoms with Crippen LogP contribution in [0.3, 0.4) is 0 Å². The summed E-state index contributed by atoms with van der Waals surface area (Å²) in [7, 11) is 0. The van der Waals surface area contributed by atoms with Gasteiger partial charge in [0.1, 0.15) is 18.3 Å². The number of hydrogen-bond donors (Lipinski definition) is 3. The van der Waals surface area contributed by atoms with Crippen molar-refractivity contribution in [1.82, 2.24) is 0 Å². The van der Waals surface area contributed by atoms with Crippen LogP contribution < -0.4 is 0 Å². The number of carbonyl (C=O) groups is 1. The Labute approximate surface area is 63.8 Å². The fourth-order valence-corrected chi connectivity index (χ4v) is 1.01. The van der Waals surface area contributed by atoms with E-state index in [2.05, 4.69) is 0 Å². The van der Waals surface area contributed by atoms with Crippen LogP contribution in [0.2, 0.25) is 0 Å². The van der Waals surface area contributed by atoms with Gasteiger partial charge >= 0.3 is 0 Å². The van der Waals surface area contributed by atoms with Crippen molar-refractivity contribution in [2.45, 2.75) is 25.2 Å². The molecule has 0 aromatic rings. The third-order valence-corrected chi connectivity index (χ3v) is 1.75. The number of hydrogen-bond acceptors (Lipinski definition) is 4.